The van der Waals surface area contributed by atoms with Crippen molar-refractivity contribution in [3.05, 3.63) is 57.6 Å². The third-order valence-electron chi connectivity index (χ3n) is 7.91. The summed E-state index contributed by atoms with van der Waals surface area (Å²) < 4.78 is 5.95. The topological polar surface area (TPSA) is 108 Å². The largest absolute Gasteiger partial charge is 0.493 e. The molecule has 1 aliphatic carbocycles. The summed E-state index contributed by atoms with van der Waals surface area (Å²) >= 11 is 12.4. The quantitative estimate of drug-likeness (QED) is 0.317. The van der Waals surface area contributed by atoms with Gasteiger partial charge in [0.15, 0.2) is 0 Å². The zero-order valence-electron chi connectivity index (χ0n) is 23.1. The Labute approximate surface area is 245 Å². The minimum atomic E-state index is -0.980. The summed E-state index contributed by atoms with van der Waals surface area (Å²) in [5.74, 6) is -0.215. The van der Waals surface area contributed by atoms with Gasteiger partial charge in [0.05, 0.1) is 19.1 Å². The number of anilines is 1. The number of fused-ring (bicyclic) bond motifs is 1. The summed E-state index contributed by atoms with van der Waals surface area (Å²) in [5, 5.41) is 15.4. The van der Waals surface area contributed by atoms with Gasteiger partial charge in [-0.2, -0.15) is 0 Å². The van der Waals surface area contributed by atoms with E-state index in [-0.39, 0.29) is 42.4 Å². The number of nitrogens with zero attached hydrogens (tertiary/aromatic N) is 1. The van der Waals surface area contributed by atoms with Gasteiger partial charge in [-0.1, -0.05) is 50.0 Å². The normalized spacial score (nSPS) is 20.6. The van der Waals surface area contributed by atoms with Crippen LogP contribution >= 0.6 is 23.2 Å². The molecule has 3 amide bonds. The fraction of sp³-hybridized carbons (Fsp3) is 0.500. The lowest BCUT2D eigenvalue weighted by Gasteiger charge is -2.45. The van der Waals surface area contributed by atoms with Crippen LogP contribution in [-0.2, 0) is 4.79 Å². The third kappa shape index (κ3) is 7.40. The van der Waals surface area contributed by atoms with E-state index < -0.39 is 5.97 Å². The molecule has 0 radical (unpaired) electrons. The maximum atomic E-state index is 13.9. The Balaban J connectivity index is 1.61. The van der Waals surface area contributed by atoms with Gasteiger partial charge in [-0.25, -0.2) is 4.79 Å². The molecule has 1 saturated carbocycles. The molecule has 1 aliphatic heterocycles. The monoisotopic (exact) mass is 589 g/mol. The van der Waals surface area contributed by atoms with E-state index in [9.17, 15) is 14.4 Å². The summed E-state index contributed by atoms with van der Waals surface area (Å²) in [6, 6.07) is 9.71. The average molecular weight is 591 g/mol. The van der Waals surface area contributed by atoms with Crippen LogP contribution in [-0.4, -0.2) is 47.1 Å². The highest BCUT2D eigenvalue weighted by Gasteiger charge is 2.39. The molecule has 1 heterocycles. The summed E-state index contributed by atoms with van der Waals surface area (Å²) in [6.45, 7) is 7.25. The lowest BCUT2D eigenvalue weighted by molar-refractivity contribution is -0.136. The Morgan fingerprint density at radius 1 is 1.00 bits per heavy atom. The van der Waals surface area contributed by atoms with Gasteiger partial charge in [0, 0.05) is 45.9 Å². The van der Waals surface area contributed by atoms with Crippen LogP contribution in [0, 0.1) is 11.3 Å². The fourth-order valence-electron chi connectivity index (χ4n) is 5.78. The predicted molar refractivity (Wildman–Crippen MR) is 156 cm³/mol. The average Bonchev–Trinajstić information content (AvgIpc) is 2.87. The second kappa shape index (κ2) is 12.7. The maximum absolute atomic E-state index is 13.9. The first-order valence-electron chi connectivity index (χ1n) is 13.7. The second-order valence-electron chi connectivity index (χ2n) is 11.7. The Bertz CT molecular complexity index is 1230. The molecule has 4 rings (SSSR count). The highest BCUT2D eigenvalue weighted by Crippen LogP contribution is 2.44. The molecular formula is C30H37Cl2N3O5. The van der Waals surface area contributed by atoms with E-state index >= 15 is 0 Å². The van der Waals surface area contributed by atoms with Crippen molar-refractivity contribution in [3.8, 4) is 5.75 Å². The number of halogens is 2. The molecule has 3 N–H and O–H groups in total. The van der Waals surface area contributed by atoms with Crippen molar-refractivity contribution < 1.29 is 24.2 Å². The molecule has 2 aromatic rings. The minimum absolute atomic E-state index is 0.0307. The number of rotatable bonds is 7. The van der Waals surface area contributed by atoms with E-state index in [2.05, 4.69) is 31.4 Å². The van der Waals surface area contributed by atoms with Crippen molar-refractivity contribution in [1.82, 2.24) is 10.2 Å². The lowest BCUT2D eigenvalue weighted by Crippen LogP contribution is -2.48. The van der Waals surface area contributed by atoms with Gasteiger partial charge in [-0.05, 0) is 67.3 Å². The van der Waals surface area contributed by atoms with Crippen LogP contribution < -0.4 is 15.4 Å². The highest BCUT2D eigenvalue weighted by atomic mass is 35.5. The fourth-order valence-corrected chi connectivity index (χ4v) is 6.31. The van der Waals surface area contributed by atoms with Gasteiger partial charge in [-0.3, -0.25) is 9.59 Å². The Hall–Kier alpha value is -2.97. The van der Waals surface area contributed by atoms with E-state index in [4.69, 9.17) is 33.0 Å². The zero-order chi connectivity index (χ0) is 29.0. The van der Waals surface area contributed by atoms with Gasteiger partial charge < -0.3 is 25.4 Å². The number of carbonyl (C=O) groups is 3. The standard InChI is InChI=1S/C30H37Cl2N3O5/c1-30(2,3)19-5-7-23(8-6-19)35(29(39)34-22-16-20(31)15-21(32)17-22)25-11-13-40-26-14-18(4-9-24(25)26)28(38)33-12-10-27(36)37/h4,9,14-17,19,23,25H,5-8,10-13H2,1-3H3,(H,33,38)(H,34,39)(H,36,37). The van der Waals surface area contributed by atoms with Crippen LogP contribution in [0.15, 0.2) is 36.4 Å². The number of ether oxygens (including phenoxy) is 1. The van der Waals surface area contributed by atoms with Crippen molar-refractivity contribution in [2.75, 3.05) is 18.5 Å². The second-order valence-corrected chi connectivity index (χ2v) is 12.5. The molecule has 0 spiro atoms. The van der Waals surface area contributed by atoms with E-state index in [1.54, 1.807) is 30.3 Å². The van der Waals surface area contributed by atoms with Crippen LogP contribution in [0.25, 0.3) is 0 Å². The van der Waals surface area contributed by atoms with Crippen LogP contribution in [0.1, 0.15) is 81.3 Å². The van der Waals surface area contributed by atoms with Crippen LogP contribution in [0.4, 0.5) is 10.5 Å². The molecule has 8 nitrogen and oxygen atoms in total. The molecule has 1 fully saturated rings. The summed E-state index contributed by atoms with van der Waals surface area (Å²) in [5.41, 5.74) is 1.95. The number of carboxylic acids is 1. The molecule has 10 heteroatoms. The maximum Gasteiger partial charge on any atom is 0.322 e. The van der Waals surface area contributed by atoms with Crippen LogP contribution in [0.3, 0.4) is 0 Å². The number of hydrogen-bond acceptors (Lipinski definition) is 4. The number of aliphatic carboxylic acids is 1. The van der Waals surface area contributed by atoms with Crippen molar-refractivity contribution in [2.24, 2.45) is 11.3 Å². The van der Waals surface area contributed by atoms with Gasteiger partial charge in [0.2, 0.25) is 0 Å². The molecule has 1 atom stereocenters. The van der Waals surface area contributed by atoms with E-state index in [0.29, 0.717) is 46.0 Å². The van der Waals surface area contributed by atoms with Gasteiger partial charge in [0.25, 0.3) is 5.91 Å². The molecule has 40 heavy (non-hydrogen) atoms. The van der Waals surface area contributed by atoms with Crippen LogP contribution in [0.2, 0.25) is 10.0 Å². The zero-order valence-corrected chi connectivity index (χ0v) is 24.6. The molecular weight excluding hydrogens is 553 g/mol. The Morgan fingerprint density at radius 2 is 1.68 bits per heavy atom. The lowest BCUT2D eigenvalue weighted by atomic mass is 9.71. The molecule has 0 saturated heterocycles. The Kier molecular flexibility index (Phi) is 9.52. The van der Waals surface area contributed by atoms with E-state index in [1.165, 1.54) is 0 Å². The van der Waals surface area contributed by atoms with E-state index in [1.807, 2.05) is 11.0 Å². The first-order chi connectivity index (χ1) is 18.9. The first-order valence-corrected chi connectivity index (χ1v) is 14.5. The SMILES string of the molecule is CC(C)(C)C1CCC(N(C(=O)Nc2cc(Cl)cc(Cl)c2)C2CCOc3cc(C(=O)NCCC(=O)O)ccc32)CC1. The summed E-state index contributed by atoms with van der Waals surface area (Å²) in [7, 11) is 0. The number of urea groups is 1. The number of nitrogens with one attached hydrogen (secondary N) is 2. The van der Waals surface area contributed by atoms with Gasteiger partial charge >= 0.3 is 12.0 Å². The smallest absolute Gasteiger partial charge is 0.322 e. The van der Waals surface area contributed by atoms with E-state index in [0.717, 1.165) is 31.2 Å². The van der Waals surface area contributed by atoms with Gasteiger partial charge in [0.1, 0.15) is 5.75 Å². The molecule has 0 bridgehead atoms. The predicted octanol–water partition coefficient (Wildman–Crippen LogP) is 7.16. The summed E-state index contributed by atoms with van der Waals surface area (Å²) in [4.78, 5) is 39.3. The Morgan fingerprint density at radius 3 is 2.30 bits per heavy atom. The van der Waals surface area contributed by atoms with Gasteiger partial charge in [-0.15, -0.1) is 0 Å². The first kappa shape index (κ1) is 30.0. The van der Waals surface area contributed by atoms with Crippen molar-refractivity contribution in [2.45, 2.75) is 71.4 Å². The highest BCUT2D eigenvalue weighted by molar-refractivity contribution is 6.35. The number of carboxylic acid groups (broad SMARTS) is 1. The minimum Gasteiger partial charge on any atom is -0.493 e. The molecule has 216 valence electrons. The molecule has 1 unspecified atom stereocenters. The number of amides is 3. The third-order valence-corrected chi connectivity index (χ3v) is 8.34. The molecule has 2 aromatic carbocycles. The van der Waals surface area contributed by atoms with Crippen molar-refractivity contribution >= 4 is 46.8 Å². The summed E-state index contributed by atoms with van der Waals surface area (Å²) in [6.07, 6.45) is 4.30. The number of carbonyl (C=O) groups excluding carboxylic acids is 2. The number of hydrogen-bond donors (Lipinski definition) is 3. The number of benzene rings is 2. The van der Waals surface area contributed by atoms with Crippen molar-refractivity contribution in [3.63, 3.8) is 0 Å². The molecule has 0 aromatic heterocycles. The van der Waals surface area contributed by atoms with Crippen molar-refractivity contribution in [1.29, 1.82) is 0 Å². The van der Waals surface area contributed by atoms with Crippen LogP contribution in [0.5, 0.6) is 5.75 Å². The molecule has 2 aliphatic rings.